The molecule has 0 aromatic heterocycles. The summed E-state index contributed by atoms with van der Waals surface area (Å²) < 4.78 is 17.8. The van der Waals surface area contributed by atoms with Crippen LogP contribution in [-0.2, 0) is 14.2 Å². The summed E-state index contributed by atoms with van der Waals surface area (Å²) in [7, 11) is 0. The van der Waals surface area contributed by atoms with Gasteiger partial charge in [0.1, 0.15) is 0 Å². The van der Waals surface area contributed by atoms with Crippen molar-refractivity contribution in [2.45, 2.75) is 76.3 Å². The van der Waals surface area contributed by atoms with Crippen molar-refractivity contribution in [1.29, 1.82) is 0 Å². The molecule has 0 N–H and O–H groups in total. The van der Waals surface area contributed by atoms with E-state index in [9.17, 15) is 0 Å². The van der Waals surface area contributed by atoms with Gasteiger partial charge in [-0.25, -0.2) is 0 Å². The molecule has 2 saturated carbocycles. The fourth-order valence-corrected chi connectivity index (χ4v) is 3.59. The zero-order valence-corrected chi connectivity index (χ0v) is 11.5. The first-order chi connectivity index (χ1) is 8.76. The molecule has 3 nitrogen and oxygen atoms in total. The van der Waals surface area contributed by atoms with Crippen molar-refractivity contribution in [2.24, 2.45) is 5.92 Å². The third-order valence-corrected chi connectivity index (χ3v) is 4.86. The predicted molar refractivity (Wildman–Crippen MR) is 69.4 cm³/mol. The molecule has 3 aliphatic rings. The molecule has 1 saturated heterocycles. The van der Waals surface area contributed by atoms with Crippen LogP contribution in [0.2, 0.25) is 0 Å². The molecular formula is C15H26O3. The van der Waals surface area contributed by atoms with Gasteiger partial charge in [-0.2, -0.15) is 0 Å². The van der Waals surface area contributed by atoms with Crippen molar-refractivity contribution in [1.82, 2.24) is 0 Å². The lowest BCUT2D eigenvalue weighted by Crippen LogP contribution is -2.39. The molecule has 3 rings (SSSR count). The summed E-state index contributed by atoms with van der Waals surface area (Å²) in [4.78, 5) is 0. The Bertz CT molecular complexity index is 255. The first-order valence-corrected chi connectivity index (χ1v) is 7.69. The van der Waals surface area contributed by atoms with Crippen LogP contribution < -0.4 is 0 Å². The summed E-state index contributed by atoms with van der Waals surface area (Å²) >= 11 is 0. The van der Waals surface area contributed by atoms with Crippen LogP contribution >= 0.6 is 0 Å². The molecule has 1 aliphatic heterocycles. The average molecular weight is 254 g/mol. The largest absolute Gasteiger partial charge is 0.375 e. The van der Waals surface area contributed by atoms with Crippen molar-refractivity contribution < 1.29 is 14.2 Å². The Morgan fingerprint density at radius 2 is 1.39 bits per heavy atom. The van der Waals surface area contributed by atoms with Gasteiger partial charge in [-0.3, -0.25) is 0 Å². The lowest BCUT2D eigenvalue weighted by molar-refractivity contribution is -0.196. The third kappa shape index (κ3) is 2.89. The van der Waals surface area contributed by atoms with Crippen LogP contribution in [0.4, 0.5) is 0 Å². The number of hydrogen-bond donors (Lipinski definition) is 0. The van der Waals surface area contributed by atoms with Gasteiger partial charge in [0, 0.05) is 12.8 Å². The Morgan fingerprint density at radius 3 is 2.00 bits per heavy atom. The van der Waals surface area contributed by atoms with Crippen molar-refractivity contribution >= 4 is 0 Å². The van der Waals surface area contributed by atoms with Crippen LogP contribution in [0.1, 0.15) is 58.3 Å². The maximum absolute atomic E-state index is 6.27. The Morgan fingerprint density at radius 1 is 0.833 bits per heavy atom. The van der Waals surface area contributed by atoms with Gasteiger partial charge in [-0.15, -0.1) is 0 Å². The minimum atomic E-state index is -0.235. The average Bonchev–Trinajstić information content (AvgIpc) is 2.84. The fourth-order valence-electron chi connectivity index (χ4n) is 3.59. The smallest absolute Gasteiger partial charge is 0.168 e. The first kappa shape index (κ1) is 12.9. The summed E-state index contributed by atoms with van der Waals surface area (Å²) in [5.74, 6) is 0.667. The SMILES string of the molecule is CC1CCC(OC2CCC3(CC2)OCCO3)CC1. The maximum atomic E-state index is 6.27. The van der Waals surface area contributed by atoms with Crippen molar-refractivity contribution in [2.75, 3.05) is 13.2 Å². The van der Waals surface area contributed by atoms with Gasteiger partial charge in [0.15, 0.2) is 5.79 Å². The molecule has 0 amide bonds. The van der Waals surface area contributed by atoms with E-state index in [1.165, 1.54) is 25.7 Å². The number of hydrogen-bond acceptors (Lipinski definition) is 3. The highest BCUT2D eigenvalue weighted by molar-refractivity contribution is 4.84. The highest BCUT2D eigenvalue weighted by Crippen LogP contribution is 2.38. The molecule has 0 atom stereocenters. The van der Waals surface area contributed by atoms with E-state index in [2.05, 4.69) is 6.92 Å². The lowest BCUT2D eigenvalue weighted by Gasteiger charge is -2.37. The van der Waals surface area contributed by atoms with Crippen LogP contribution in [-0.4, -0.2) is 31.2 Å². The molecule has 18 heavy (non-hydrogen) atoms. The molecular weight excluding hydrogens is 228 g/mol. The van der Waals surface area contributed by atoms with Gasteiger partial charge < -0.3 is 14.2 Å². The molecule has 0 aromatic carbocycles. The zero-order chi connectivity index (χ0) is 12.4. The maximum Gasteiger partial charge on any atom is 0.168 e. The van der Waals surface area contributed by atoms with Crippen LogP contribution in [0.15, 0.2) is 0 Å². The van der Waals surface area contributed by atoms with Gasteiger partial charge in [0.25, 0.3) is 0 Å². The van der Waals surface area contributed by atoms with Crippen molar-refractivity contribution in [3.63, 3.8) is 0 Å². The molecule has 3 heteroatoms. The predicted octanol–water partition coefficient (Wildman–Crippen LogP) is 3.27. The summed E-state index contributed by atoms with van der Waals surface area (Å²) in [5.41, 5.74) is 0. The van der Waals surface area contributed by atoms with E-state index in [0.29, 0.717) is 12.2 Å². The van der Waals surface area contributed by atoms with Crippen LogP contribution in [0.5, 0.6) is 0 Å². The fraction of sp³-hybridized carbons (Fsp3) is 1.00. The van der Waals surface area contributed by atoms with Gasteiger partial charge in [-0.1, -0.05) is 6.92 Å². The standard InChI is InChI=1S/C15H26O3/c1-12-2-4-13(5-3-12)18-14-6-8-15(9-7-14)16-10-11-17-15/h12-14H,2-11H2,1H3. The normalized spacial score (nSPS) is 37.2. The summed E-state index contributed by atoms with van der Waals surface area (Å²) in [6, 6.07) is 0. The molecule has 3 fully saturated rings. The molecule has 1 spiro atoms. The Balaban J connectivity index is 1.42. The summed E-state index contributed by atoms with van der Waals surface area (Å²) in [5, 5.41) is 0. The van der Waals surface area contributed by atoms with E-state index in [1.54, 1.807) is 0 Å². The van der Waals surface area contributed by atoms with Gasteiger partial charge in [0.2, 0.25) is 0 Å². The topological polar surface area (TPSA) is 27.7 Å². The molecule has 0 radical (unpaired) electrons. The monoisotopic (exact) mass is 254 g/mol. The zero-order valence-electron chi connectivity index (χ0n) is 11.5. The Labute approximate surface area is 110 Å². The van der Waals surface area contributed by atoms with Gasteiger partial charge >= 0.3 is 0 Å². The second-order valence-corrected chi connectivity index (χ2v) is 6.32. The lowest BCUT2D eigenvalue weighted by atomic mass is 9.88. The highest BCUT2D eigenvalue weighted by atomic mass is 16.7. The number of ether oxygens (including phenoxy) is 3. The highest BCUT2D eigenvalue weighted by Gasteiger charge is 2.41. The number of rotatable bonds is 2. The summed E-state index contributed by atoms with van der Waals surface area (Å²) in [6.45, 7) is 3.90. The quantitative estimate of drug-likeness (QED) is 0.757. The third-order valence-electron chi connectivity index (χ3n) is 4.86. The van der Waals surface area contributed by atoms with Gasteiger partial charge in [0.05, 0.1) is 25.4 Å². The minimum absolute atomic E-state index is 0.235. The van der Waals surface area contributed by atoms with E-state index < -0.39 is 0 Å². The molecule has 0 bridgehead atoms. The second kappa shape index (κ2) is 5.48. The minimum Gasteiger partial charge on any atom is -0.375 e. The summed E-state index contributed by atoms with van der Waals surface area (Å²) in [6.07, 6.45) is 10.4. The molecule has 2 aliphatic carbocycles. The molecule has 0 aromatic rings. The van der Waals surface area contributed by atoms with Crippen molar-refractivity contribution in [3.8, 4) is 0 Å². The van der Waals surface area contributed by atoms with E-state index >= 15 is 0 Å². The van der Waals surface area contributed by atoms with Crippen molar-refractivity contribution in [3.05, 3.63) is 0 Å². The van der Waals surface area contributed by atoms with E-state index in [0.717, 1.165) is 44.8 Å². The first-order valence-electron chi connectivity index (χ1n) is 7.69. The van der Waals surface area contributed by atoms with Crippen LogP contribution in [0.25, 0.3) is 0 Å². The van der Waals surface area contributed by atoms with E-state index in [1.807, 2.05) is 0 Å². The van der Waals surface area contributed by atoms with Crippen LogP contribution in [0, 0.1) is 5.92 Å². The molecule has 104 valence electrons. The van der Waals surface area contributed by atoms with Crippen LogP contribution in [0.3, 0.4) is 0 Å². The second-order valence-electron chi connectivity index (χ2n) is 6.32. The molecule has 1 heterocycles. The van der Waals surface area contributed by atoms with Gasteiger partial charge in [-0.05, 0) is 44.4 Å². The van der Waals surface area contributed by atoms with E-state index in [4.69, 9.17) is 14.2 Å². The Kier molecular flexibility index (Phi) is 3.92. The molecule has 0 unspecified atom stereocenters. The van der Waals surface area contributed by atoms with E-state index in [-0.39, 0.29) is 5.79 Å². The Hall–Kier alpha value is -0.120.